The summed E-state index contributed by atoms with van der Waals surface area (Å²) in [6, 6.07) is 16.1. The van der Waals surface area contributed by atoms with Crippen molar-refractivity contribution in [1.82, 2.24) is 15.6 Å². The Hall–Kier alpha value is -3.52. The number of pyridine rings is 1. The number of ether oxygens (including phenoxy) is 3. The van der Waals surface area contributed by atoms with E-state index in [1.54, 1.807) is 14.0 Å². The third kappa shape index (κ3) is 5.51. The molecule has 1 aromatic heterocycles. The number of nitrogens with zero attached hydrogens (tertiary/aromatic N) is 2. The molecule has 3 aromatic rings. The van der Waals surface area contributed by atoms with Crippen molar-refractivity contribution in [3.8, 4) is 22.8 Å². The van der Waals surface area contributed by atoms with Crippen molar-refractivity contribution in [2.75, 3.05) is 51.9 Å². The van der Waals surface area contributed by atoms with Gasteiger partial charge in [0, 0.05) is 42.3 Å². The summed E-state index contributed by atoms with van der Waals surface area (Å²) >= 11 is 0. The molecule has 1 fully saturated rings. The SMILES string of the molecule is CCOC(=O)NC1CCN(c2cc(-c3ccc(OCCNC)cc3)nc3cc(OC)ccc23)C1. The molecular weight excluding hydrogens is 432 g/mol. The lowest BCUT2D eigenvalue weighted by Crippen LogP contribution is -2.37. The largest absolute Gasteiger partial charge is 0.497 e. The third-order valence-electron chi connectivity index (χ3n) is 5.89. The first kappa shape index (κ1) is 23.6. The van der Waals surface area contributed by atoms with E-state index in [-0.39, 0.29) is 12.1 Å². The van der Waals surface area contributed by atoms with Gasteiger partial charge in [0.15, 0.2) is 0 Å². The number of aromatic nitrogens is 1. The summed E-state index contributed by atoms with van der Waals surface area (Å²) in [6.45, 7) is 5.12. The highest BCUT2D eigenvalue weighted by Gasteiger charge is 2.26. The highest BCUT2D eigenvalue weighted by Crippen LogP contribution is 2.35. The van der Waals surface area contributed by atoms with Crippen LogP contribution in [-0.2, 0) is 4.74 Å². The van der Waals surface area contributed by atoms with Gasteiger partial charge in [-0.25, -0.2) is 9.78 Å². The van der Waals surface area contributed by atoms with Crippen LogP contribution < -0.4 is 25.0 Å². The van der Waals surface area contributed by atoms with Crippen molar-refractivity contribution >= 4 is 22.7 Å². The monoisotopic (exact) mass is 464 g/mol. The van der Waals surface area contributed by atoms with Gasteiger partial charge < -0.3 is 29.7 Å². The van der Waals surface area contributed by atoms with Crippen LogP contribution in [0.1, 0.15) is 13.3 Å². The van der Waals surface area contributed by atoms with Crippen LogP contribution in [0.5, 0.6) is 11.5 Å². The van der Waals surface area contributed by atoms with E-state index in [4.69, 9.17) is 19.2 Å². The number of likely N-dealkylation sites (N-methyl/N-ethyl adjacent to an activating group) is 1. The number of nitrogens with one attached hydrogen (secondary N) is 2. The van der Waals surface area contributed by atoms with Gasteiger partial charge in [-0.1, -0.05) is 0 Å². The Bertz CT molecular complexity index is 1120. The molecule has 2 heterocycles. The van der Waals surface area contributed by atoms with Gasteiger partial charge in [0.2, 0.25) is 0 Å². The van der Waals surface area contributed by atoms with Crippen molar-refractivity contribution in [3.05, 3.63) is 48.5 Å². The summed E-state index contributed by atoms with van der Waals surface area (Å²) in [5.74, 6) is 1.59. The third-order valence-corrected chi connectivity index (χ3v) is 5.89. The Morgan fingerprint density at radius 2 is 1.94 bits per heavy atom. The number of anilines is 1. The smallest absolute Gasteiger partial charge is 0.407 e. The Labute approximate surface area is 200 Å². The maximum Gasteiger partial charge on any atom is 0.407 e. The van der Waals surface area contributed by atoms with E-state index >= 15 is 0 Å². The zero-order valence-electron chi connectivity index (χ0n) is 20.0. The van der Waals surface area contributed by atoms with Gasteiger partial charge in [-0.05, 0) is 62.9 Å². The lowest BCUT2D eigenvalue weighted by atomic mass is 10.1. The molecule has 0 bridgehead atoms. The number of hydrogen-bond acceptors (Lipinski definition) is 7. The first-order valence-corrected chi connectivity index (χ1v) is 11.7. The molecule has 1 aliphatic rings. The maximum atomic E-state index is 11.9. The molecule has 8 heteroatoms. The standard InChI is InChI=1S/C26H32N4O4/c1-4-33-26(31)28-19-11-13-30(17-19)25-16-23(29-24-15-21(32-3)9-10-22(24)25)18-5-7-20(8-6-18)34-14-12-27-2/h5-10,15-16,19,27H,4,11-14,17H2,1-3H3,(H,28,31). The normalized spacial score (nSPS) is 15.4. The van der Waals surface area contributed by atoms with Crippen molar-refractivity contribution in [1.29, 1.82) is 0 Å². The second kappa shape index (κ2) is 11.1. The number of benzene rings is 2. The number of amides is 1. The molecule has 0 spiro atoms. The van der Waals surface area contributed by atoms with E-state index in [0.29, 0.717) is 19.8 Å². The van der Waals surface area contributed by atoms with Crippen molar-refractivity contribution < 1.29 is 19.0 Å². The summed E-state index contributed by atoms with van der Waals surface area (Å²) in [7, 11) is 3.56. The van der Waals surface area contributed by atoms with Gasteiger partial charge in [-0.3, -0.25) is 0 Å². The molecule has 2 N–H and O–H groups in total. The van der Waals surface area contributed by atoms with Crippen molar-refractivity contribution in [2.24, 2.45) is 0 Å². The highest BCUT2D eigenvalue weighted by molar-refractivity contribution is 5.95. The number of methoxy groups -OCH3 is 1. The van der Waals surface area contributed by atoms with Gasteiger partial charge in [0.25, 0.3) is 0 Å². The fourth-order valence-corrected chi connectivity index (χ4v) is 4.16. The lowest BCUT2D eigenvalue weighted by molar-refractivity contribution is 0.149. The highest BCUT2D eigenvalue weighted by atomic mass is 16.5. The van der Waals surface area contributed by atoms with E-state index < -0.39 is 0 Å². The fourth-order valence-electron chi connectivity index (χ4n) is 4.16. The van der Waals surface area contributed by atoms with Gasteiger partial charge in [-0.2, -0.15) is 0 Å². The second-order valence-corrected chi connectivity index (χ2v) is 8.18. The van der Waals surface area contributed by atoms with Crippen LogP contribution in [-0.4, -0.2) is 64.1 Å². The fraction of sp³-hybridized carbons (Fsp3) is 0.385. The molecule has 1 atom stereocenters. The number of carbonyl (C=O) groups is 1. The second-order valence-electron chi connectivity index (χ2n) is 8.18. The quantitative estimate of drug-likeness (QED) is 0.466. The summed E-state index contributed by atoms with van der Waals surface area (Å²) in [6.07, 6.45) is 0.489. The van der Waals surface area contributed by atoms with E-state index in [1.807, 2.05) is 49.5 Å². The molecule has 4 rings (SSSR count). The van der Waals surface area contributed by atoms with Crippen LogP contribution in [0.2, 0.25) is 0 Å². The zero-order chi connectivity index (χ0) is 23.9. The van der Waals surface area contributed by atoms with Crippen LogP contribution in [0, 0.1) is 0 Å². The summed E-state index contributed by atoms with van der Waals surface area (Å²) < 4.78 is 16.2. The van der Waals surface area contributed by atoms with E-state index in [0.717, 1.165) is 58.9 Å². The average molecular weight is 465 g/mol. The topological polar surface area (TPSA) is 85.0 Å². The first-order valence-electron chi connectivity index (χ1n) is 11.7. The van der Waals surface area contributed by atoms with Crippen LogP contribution in [0.25, 0.3) is 22.2 Å². The molecule has 0 radical (unpaired) electrons. The van der Waals surface area contributed by atoms with Crippen molar-refractivity contribution in [3.63, 3.8) is 0 Å². The van der Waals surface area contributed by atoms with Crippen LogP contribution in [0.3, 0.4) is 0 Å². The van der Waals surface area contributed by atoms with Gasteiger partial charge in [0.1, 0.15) is 18.1 Å². The molecule has 180 valence electrons. The van der Waals surface area contributed by atoms with Crippen molar-refractivity contribution in [2.45, 2.75) is 19.4 Å². The Morgan fingerprint density at radius 3 is 2.68 bits per heavy atom. The molecule has 1 amide bonds. The van der Waals surface area contributed by atoms with E-state index in [1.165, 1.54) is 0 Å². The van der Waals surface area contributed by atoms with Gasteiger partial charge in [-0.15, -0.1) is 0 Å². The van der Waals surface area contributed by atoms with Crippen LogP contribution in [0.4, 0.5) is 10.5 Å². The number of hydrogen-bond donors (Lipinski definition) is 2. The number of rotatable bonds is 9. The van der Waals surface area contributed by atoms with Crippen LogP contribution in [0.15, 0.2) is 48.5 Å². The molecule has 1 saturated heterocycles. The first-order chi connectivity index (χ1) is 16.6. The number of alkyl carbamates (subject to hydrolysis) is 1. The van der Waals surface area contributed by atoms with E-state index in [9.17, 15) is 4.79 Å². The molecule has 1 unspecified atom stereocenters. The Balaban J connectivity index is 1.63. The predicted octanol–water partition coefficient (Wildman–Crippen LogP) is 3.83. The van der Waals surface area contributed by atoms with Gasteiger partial charge in [0.05, 0.1) is 31.0 Å². The molecule has 2 aromatic carbocycles. The molecule has 8 nitrogen and oxygen atoms in total. The van der Waals surface area contributed by atoms with E-state index in [2.05, 4.69) is 21.6 Å². The molecule has 0 aliphatic carbocycles. The molecule has 0 saturated carbocycles. The summed E-state index contributed by atoms with van der Waals surface area (Å²) in [5.41, 5.74) is 3.83. The maximum absolute atomic E-state index is 11.9. The van der Waals surface area contributed by atoms with Crippen LogP contribution >= 0.6 is 0 Å². The summed E-state index contributed by atoms with van der Waals surface area (Å²) in [5, 5.41) is 7.09. The minimum atomic E-state index is -0.364. The zero-order valence-corrected chi connectivity index (χ0v) is 20.0. The van der Waals surface area contributed by atoms with Gasteiger partial charge >= 0.3 is 6.09 Å². The minimum Gasteiger partial charge on any atom is -0.497 e. The number of carbonyl (C=O) groups excluding carboxylic acids is 1. The molecular formula is C26H32N4O4. The predicted molar refractivity (Wildman–Crippen MR) is 134 cm³/mol. The molecule has 1 aliphatic heterocycles. The minimum absolute atomic E-state index is 0.0398. The average Bonchev–Trinajstić information content (AvgIpc) is 3.31. The molecule has 34 heavy (non-hydrogen) atoms. The summed E-state index contributed by atoms with van der Waals surface area (Å²) in [4.78, 5) is 19.1. The Kier molecular flexibility index (Phi) is 7.69. The Morgan fingerprint density at radius 1 is 1.15 bits per heavy atom. The number of fused-ring (bicyclic) bond motifs is 1. The lowest BCUT2D eigenvalue weighted by Gasteiger charge is -2.22.